The summed E-state index contributed by atoms with van der Waals surface area (Å²) >= 11 is 4.11. The Balaban J connectivity index is 2.82. The van der Waals surface area contributed by atoms with E-state index in [9.17, 15) is 0 Å². The number of anilines is 1. The van der Waals surface area contributed by atoms with E-state index in [2.05, 4.69) is 53.3 Å². The molecule has 1 aromatic rings. The average Bonchev–Trinajstić information content (AvgIpc) is 2.25. The first-order valence-electron chi connectivity index (χ1n) is 5.93. The fraction of sp³-hybridized carbons (Fsp3) is 0.667. The molecule has 2 N–H and O–H groups in total. The number of rotatable bonds is 6. The Kier molecular flexibility index (Phi) is 6.54. The Hall–Kier alpha value is -0.0400. The minimum Gasteiger partial charge on any atom is -0.383 e. The maximum absolute atomic E-state index is 5.93. The molecule has 0 radical (unpaired) electrons. The van der Waals surface area contributed by atoms with Gasteiger partial charge in [0.2, 0.25) is 0 Å². The van der Waals surface area contributed by atoms with Crippen LogP contribution < -0.4 is 5.73 Å². The third kappa shape index (κ3) is 4.99. The van der Waals surface area contributed by atoms with Crippen LogP contribution in [0.3, 0.4) is 0 Å². The summed E-state index contributed by atoms with van der Waals surface area (Å²) in [6, 6.07) is 0. The van der Waals surface area contributed by atoms with Gasteiger partial charge in [-0.15, -0.1) is 0 Å². The summed E-state index contributed by atoms with van der Waals surface area (Å²) in [5.74, 6) is 4.10. The van der Waals surface area contributed by atoms with Crippen molar-refractivity contribution in [3.05, 3.63) is 15.1 Å². The number of aromatic nitrogens is 2. The average molecular weight is 365 g/mol. The van der Waals surface area contributed by atoms with Crippen LogP contribution >= 0.6 is 34.4 Å². The maximum atomic E-state index is 5.93. The highest BCUT2D eigenvalue weighted by atomic mass is 127. The Morgan fingerprint density at radius 2 is 2.06 bits per heavy atom. The lowest BCUT2D eigenvalue weighted by Crippen LogP contribution is -2.09. The molecular weight excluding hydrogens is 345 g/mol. The normalized spacial score (nSPS) is 11.1. The molecule has 1 heterocycles. The summed E-state index contributed by atoms with van der Waals surface area (Å²) in [4.78, 5) is 8.98. The van der Waals surface area contributed by atoms with Gasteiger partial charge in [-0.1, -0.05) is 20.8 Å². The van der Waals surface area contributed by atoms with Gasteiger partial charge in [0.25, 0.3) is 0 Å². The number of halogens is 1. The predicted molar refractivity (Wildman–Crippen MR) is 84.2 cm³/mol. The predicted octanol–water partition coefficient (Wildman–Crippen LogP) is 3.51. The van der Waals surface area contributed by atoms with Gasteiger partial charge in [-0.2, -0.15) is 11.8 Å². The molecule has 96 valence electrons. The highest BCUT2D eigenvalue weighted by Crippen LogP contribution is 2.21. The number of hydrogen-bond acceptors (Lipinski definition) is 4. The minimum absolute atomic E-state index is 0.592. The number of nitrogen functional groups attached to an aromatic ring is 1. The first kappa shape index (κ1) is 15.0. The van der Waals surface area contributed by atoms with Gasteiger partial charge in [0, 0.05) is 0 Å². The van der Waals surface area contributed by atoms with Crippen molar-refractivity contribution in [2.45, 2.75) is 39.4 Å². The first-order chi connectivity index (χ1) is 8.04. The van der Waals surface area contributed by atoms with Gasteiger partial charge in [-0.25, -0.2) is 9.97 Å². The van der Waals surface area contributed by atoms with E-state index < -0.39 is 0 Å². The Bertz CT molecular complexity index is 369. The summed E-state index contributed by atoms with van der Waals surface area (Å²) in [6.07, 6.45) is 2.15. The fourth-order valence-electron chi connectivity index (χ4n) is 1.46. The lowest BCUT2D eigenvalue weighted by molar-refractivity contribution is 0.629. The maximum Gasteiger partial charge on any atom is 0.140 e. The molecular formula is C12H20IN3S. The van der Waals surface area contributed by atoms with E-state index in [1.54, 1.807) is 0 Å². The van der Waals surface area contributed by atoms with Crippen LogP contribution in [0.1, 0.15) is 38.7 Å². The third-order valence-electron chi connectivity index (χ3n) is 2.17. The van der Waals surface area contributed by atoms with Crippen molar-refractivity contribution in [3.63, 3.8) is 0 Å². The molecule has 0 saturated heterocycles. The van der Waals surface area contributed by atoms with Crippen LogP contribution in [0, 0.1) is 9.49 Å². The lowest BCUT2D eigenvalue weighted by atomic mass is 10.1. The van der Waals surface area contributed by atoms with Crippen LogP contribution in [0.4, 0.5) is 5.82 Å². The van der Waals surface area contributed by atoms with Crippen molar-refractivity contribution < 1.29 is 0 Å². The minimum atomic E-state index is 0.592. The quantitative estimate of drug-likeness (QED) is 0.619. The first-order valence-corrected chi connectivity index (χ1v) is 8.16. The van der Waals surface area contributed by atoms with Gasteiger partial charge in [0.05, 0.1) is 15.0 Å². The number of thioether (sulfide) groups is 1. The second kappa shape index (κ2) is 7.41. The van der Waals surface area contributed by atoms with Crippen molar-refractivity contribution in [3.8, 4) is 0 Å². The van der Waals surface area contributed by atoms with Crippen molar-refractivity contribution in [2.24, 2.45) is 5.92 Å². The molecule has 0 fully saturated rings. The van der Waals surface area contributed by atoms with Crippen LogP contribution in [0.5, 0.6) is 0 Å². The molecule has 0 unspecified atom stereocenters. The van der Waals surface area contributed by atoms with E-state index in [1.807, 2.05) is 11.8 Å². The number of hydrogen-bond donors (Lipinski definition) is 1. The van der Waals surface area contributed by atoms with Gasteiger partial charge in [0.15, 0.2) is 0 Å². The molecule has 17 heavy (non-hydrogen) atoms. The van der Waals surface area contributed by atoms with Crippen LogP contribution in [0.15, 0.2) is 0 Å². The van der Waals surface area contributed by atoms with Crippen molar-refractivity contribution >= 4 is 40.2 Å². The van der Waals surface area contributed by atoms with Crippen LogP contribution in [0.25, 0.3) is 0 Å². The number of nitrogens with two attached hydrogens (primary N) is 1. The Morgan fingerprint density at radius 3 is 2.65 bits per heavy atom. The van der Waals surface area contributed by atoms with Gasteiger partial charge >= 0.3 is 0 Å². The van der Waals surface area contributed by atoms with Crippen molar-refractivity contribution in [1.82, 2.24) is 9.97 Å². The molecule has 5 heteroatoms. The lowest BCUT2D eigenvalue weighted by Gasteiger charge is -2.10. The summed E-state index contributed by atoms with van der Waals surface area (Å²) < 4.78 is 1.01. The molecule has 0 bridgehead atoms. The molecule has 0 amide bonds. The smallest absolute Gasteiger partial charge is 0.140 e. The fourth-order valence-corrected chi connectivity index (χ4v) is 2.67. The zero-order chi connectivity index (χ0) is 12.8. The number of nitrogens with zero attached hydrogens (tertiary/aromatic N) is 2. The van der Waals surface area contributed by atoms with Crippen molar-refractivity contribution in [1.29, 1.82) is 0 Å². The zero-order valence-electron chi connectivity index (χ0n) is 10.7. The van der Waals surface area contributed by atoms with Gasteiger partial charge < -0.3 is 5.73 Å². The van der Waals surface area contributed by atoms with Gasteiger partial charge in [-0.05, 0) is 47.1 Å². The standard InChI is InChI=1S/C12H20IN3S/c1-4-5-17-7-10-15-9(6-8(2)3)11(13)12(14)16-10/h8H,4-7H2,1-3H3,(H2,14,15,16). The van der Waals surface area contributed by atoms with E-state index >= 15 is 0 Å². The molecule has 1 aromatic heterocycles. The van der Waals surface area contributed by atoms with E-state index in [-0.39, 0.29) is 0 Å². The van der Waals surface area contributed by atoms with Gasteiger partial charge in [-0.3, -0.25) is 0 Å². The highest BCUT2D eigenvalue weighted by Gasteiger charge is 2.11. The molecule has 0 aliphatic rings. The molecule has 0 atom stereocenters. The largest absolute Gasteiger partial charge is 0.383 e. The molecule has 3 nitrogen and oxygen atoms in total. The van der Waals surface area contributed by atoms with E-state index in [0.717, 1.165) is 33.0 Å². The van der Waals surface area contributed by atoms with E-state index in [4.69, 9.17) is 5.73 Å². The summed E-state index contributed by atoms with van der Waals surface area (Å²) in [7, 11) is 0. The zero-order valence-corrected chi connectivity index (χ0v) is 13.6. The molecule has 0 spiro atoms. The molecule has 0 aliphatic carbocycles. The summed E-state index contributed by atoms with van der Waals surface area (Å²) in [5.41, 5.74) is 7.03. The molecule has 0 aromatic carbocycles. The monoisotopic (exact) mass is 365 g/mol. The topological polar surface area (TPSA) is 51.8 Å². The van der Waals surface area contributed by atoms with E-state index in [0.29, 0.717) is 11.7 Å². The highest BCUT2D eigenvalue weighted by molar-refractivity contribution is 14.1. The molecule has 1 rings (SSSR count). The van der Waals surface area contributed by atoms with E-state index in [1.165, 1.54) is 6.42 Å². The summed E-state index contributed by atoms with van der Waals surface area (Å²) in [6.45, 7) is 6.57. The SMILES string of the molecule is CCCSCc1nc(N)c(I)c(CC(C)C)n1. The Labute approximate surface area is 122 Å². The van der Waals surface area contributed by atoms with Crippen molar-refractivity contribution in [2.75, 3.05) is 11.5 Å². The van der Waals surface area contributed by atoms with Crippen LogP contribution in [-0.4, -0.2) is 15.7 Å². The summed E-state index contributed by atoms with van der Waals surface area (Å²) in [5, 5.41) is 0. The van der Waals surface area contributed by atoms with Crippen LogP contribution in [-0.2, 0) is 12.2 Å². The molecule has 0 saturated carbocycles. The Morgan fingerprint density at radius 1 is 1.35 bits per heavy atom. The second-order valence-corrected chi connectivity index (χ2v) is 6.62. The second-order valence-electron chi connectivity index (χ2n) is 4.44. The van der Waals surface area contributed by atoms with Crippen LogP contribution in [0.2, 0.25) is 0 Å². The van der Waals surface area contributed by atoms with Gasteiger partial charge in [0.1, 0.15) is 11.6 Å². The third-order valence-corrected chi connectivity index (χ3v) is 4.51. The molecule has 0 aliphatic heterocycles.